The van der Waals surface area contributed by atoms with Crippen molar-refractivity contribution >= 4 is 57.9 Å². The number of carbonyl (C=O) groups is 1. The zero-order valence-corrected chi connectivity index (χ0v) is 17.7. The lowest BCUT2D eigenvalue weighted by Crippen LogP contribution is -2.06. The summed E-state index contributed by atoms with van der Waals surface area (Å²) < 4.78 is 8.52. The van der Waals surface area contributed by atoms with Crippen LogP contribution in [0.1, 0.15) is 12.5 Å². The maximum Gasteiger partial charge on any atom is 0.336 e. The first kappa shape index (κ1) is 19.6. The molecule has 2 heterocycles. The van der Waals surface area contributed by atoms with Crippen LogP contribution in [0.2, 0.25) is 0 Å². The molecule has 0 aliphatic carbocycles. The minimum absolute atomic E-state index is 0.186. The highest BCUT2D eigenvalue weighted by atomic mass is 32.2. The third-order valence-corrected chi connectivity index (χ3v) is 6.45. The van der Waals surface area contributed by atoms with Crippen LogP contribution in [0.15, 0.2) is 68.1 Å². The molecular weight excluding hydrogens is 426 g/mol. The largest absolute Gasteiger partial charge is 0.423 e. The number of aromatic nitrogens is 2. The van der Waals surface area contributed by atoms with Crippen molar-refractivity contribution in [2.75, 3.05) is 5.32 Å². The Bertz CT molecular complexity index is 1310. The van der Waals surface area contributed by atoms with Crippen LogP contribution in [-0.2, 0) is 10.5 Å². The topological polar surface area (TPSA) is 77.1 Å². The van der Waals surface area contributed by atoms with Gasteiger partial charge in [0.1, 0.15) is 5.58 Å². The lowest BCUT2D eigenvalue weighted by atomic mass is 10.1. The van der Waals surface area contributed by atoms with E-state index in [-0.39, 0.29) is 5.91 Å². The Morgan fingerprint density at radius 1 is 1.24 bits per heavy atom. The molecule has 0 saturated heterocycles. The van der Waals surface area contributed by atoms with Gasteiger partial charge in [-0.1, -0.05) is 41.3 Å². The van der Waals surface area contributed by atoms with Crippen LogP contribution >= 0.6 is 35.3 Å². The van der Waals surface area contributed by atoms with E-state index in [1.54, 1.807) is 16.8 Å². The van der Waals surface area contributed by atoms with Crippen molar-refractivity contribution in [2.24, 2.45) is 0 Å². The normalized spacial score (nSPS) is 10.9. The second kappa shape index (κ2) is 8.32. The number of thioether (sulfide) groups is 1. The van der Waals surface area contributed by atoms with Gasteiger partial charge in [-0.2, -0.15) is 0 Å². The smallest absolute Gasteiger partial charge is 0.336 e. The summed E-state index contributed by atoms with van der Waals surface area (Å²) in [5.74, 6) is 0.354. The van der Waals surface area contributed by atoms with Gasteiger partial charge in [-0.3, -0.25) is 4.79 Å². The van der Waals surface area contributed by atoms with Crippen LogP contribution in [0.4, 0.5) is 5.69 Å². The van der Waals surface area contributed by atoms with Crippen molar-refractivity contribution in [3.8, 4) is 5.69 Å². The first-order valence-corrected chi connectivity index (χ1v) is 10.8. The van der Waals surface area contributed by atoms with E-state index in [1.807, 2.05) is 36.4 Å². The molecule has 1 N–H and O–H groups in total. The van der Waals surface area contributed by atoms with Crippen molar-refractivity contribution in [2.45, 2.75) is 17.0 Å². The minimum Gasteiger partial charge on any atom is -0.423 e. The van der Waals surface area contributed by atoms with E-state index < -0.39 is 5.63 Å². The Kier molecular flexibility index (Phi) is 5.61. The fourth-order valence-electron chi connectivity index (χ4n) is 2.82. The average molecular weight is 442 g/mol. The molecule has 2 aromatic heterocycles. The molecule has 0 unspecified atom stereocenters. The molecule has 0 saturated carbocycles. The molecular formula is C20H15N3O3S3. The molecule has 6 nitrogen and oxygen atoms in total. The number of hydrogen-bond acceptors (Lipinski definition) is 7. The Labute approximate surface area is 179 Å². The summed E-state index contributed by atoms with van der Waals surface area (Å²) in [4.78, 5) is 23.2. The van der Waals surface area contributed by atoms with Crippen molar-refractivity contribution in [3.63, 3.8) is 0 Å². The van der Waals surface area contributed by atoms with Gasteiger partial charge in [0, 0.05) is 35.9 Å². The number of nitrogens with zero attached hydrogens (tertiary/aromatic N) is 2. The molecule has 1 amide bonds. The van der Waals surface area contributed by atoms with E-state index in [0.717, 1.165) is 21.0 Å². The van der Waals surface area contributed by atoms with Gasteiger partial charge in [-0.25, -0.2) is 9.48 Å². The number of hydrogen-bond donors (Lipinski definition) is 1. The number of para-hydroxylation sites is 1. The predicted molar refractivity (Wildman–Crippen MR) is 119 cm³/mol. The Morgan fingerprint density at radius 3 is 2.79 bits per heavy atom. The highest BCUT2D eigenvalue weighted by Gasteiger charge is 2.11. The second-order valence-electron chi connectivity index (χ2n) is 6.15. The molecule has 2 aromatic carbocycles. The van der Waals surface area contributed by atoms with E-state index in [4.69, 9.17) is 16.6 Å². The summed E-state index contributed by atoms with van der Waals surface area (Å²) in [7, 11) is 0. The zero-order valence-electron chi connectivity index (χ0n) is 15.2. The van der Waals surface area contributed by atoms with E-state index in [1.165, 1.54) is 36.1 Å². The summed E-state index contributed by atoms with van der Waals surface area (Å²) in [6.07, 6.45) is 0. The summed E-state index contributed by atoms with van der Waals surface area (Å²) in [5.41, 5.74) is 2.33. The van der Waals surface area contributed by atoms with Gasteiger partial charge >= 0.3 is 5.63 Å². The van der Waals surface area contributed by atoms with Gasteiger partial charge in [0.05, 0.1) is 5.69 Å². The van der Waals surface area contributed by atoms with Crippen molar-refractivity contribution < 1.29 is 9.21 Å². The summed E-state index contributed by atoms with van der Waals surface area (Å²) in [6.45, 7) is 1.43. The van der Waals surface area contributed by atoms with Gasteiger partial charge in [0.15, 0.2) is 8.29 Å². The van der Waals surface area contributed by atoms with Gasteiger partial charge in [-0.05, 0) is 42.0 Å². The molecule has 4 rings (SSSR count). The summed E-state index contributed by atoms with van der Waals surface area (Å²) in [5, 5.41) is 8.10. The van der Waals surface area contributed by atoms with E-state index >= 15 is 0 Å². The molecule has 0 aliphatic rings. The van der Waals surface area contributed by atoms with E-state index in [9.17, 15) is 9.59 Å². The lowest BCUT2D eigenvalue weighted by molar-refractivity contribution is -0.114. The van der Waals surface area contributed by atoms with Crippen LogP contribution in [0.3, 0.4) is 0 Å². The second-order valence-corrected chi connectivity index (χ2v) is 9.00. The average Bonchev–Trinajstić information content (AvgIpc) is 3.06. The Hall–Kier alpha value is -2.75. The molecule has 0 bridgehead atoms. The van der Waals surface area contributed by atoms with Gasteiger partial charge in [0.2, 0.25) is 5.91 Å². The Balaban J connectivity index is 1.61. The van der Waals surface area contributed by atoms with Crippen LogP contribution in [0.5, 0.6) is 0 Å². The third kappa shape index (κ3) is 4.47. The molecule has 9 heteroatoms. The third-order valence-electron chi connectivity index (χ3n) is 4.03. The maximum atomic E-state index is 12.0. The monoisotopic (exact) mass is 441 g/mol. The van der Waals surface area contributed by atoms with Gasteiger partial charge < -0.3 is 9.73 Å². The lowest BCUT2D eigenvalue weighted by Gasteiger charge is -2.07. The highest BCUT2D eigenvalue weighted by Crippen LogP contribution is 2.30. The number of fused-ring (bicyclic) bond motifs is 1. The molecule has 0 spiro atoms. The molecule has 4 aromatic rings. The molecule has 0 aliphatic heterocycles. The van der Waals surface area contributed by atoms with E-state index in [2.05, 4.69) is 10.4 Å². The number of anilines is 1. The molecule has 0 atom stereocenters. The molecule has 0 radical (unpaired) electrons. The van der Waals surface area contributed by atoms with Crippen LogP contribution in [0.25, 0.3) is 16.7 Å². The number of benzene rings is 2. The summed E-state index contributed by atoms with van der Waals surface area (Å²) in [6, 6.07) is 16.5. The highest BCUT2D eigenvalue weighted by molar-refractivity contribution is 8.00. The first-order valence-electron chi connectivity index (χ1n) is 8.62. The SMILES string of the molecule is CC(=O)Nc1ccc2c(CSc3nn(-c4ccccc4)c(=S)s3)cc(=O)oc2c1. The van der Waals surface area contributed by atoms with Crippen LogP contribution in [0, 0.1) is 3.95 Å². The molecule has 29 heavy (non-hydrogen) atoms. The van der Waals surface area contributed by atoms with Crippen molar-refractivity contribution in [1.82, 2.24) is 9.78 Å². The number of nitrogens with one attached hydrogen (secondary N) is 1. The van der Waals surface area contributed by atoms with E-state index in [0.29, 0.717) is 21.0 Å². The van der Waals surface area contributed by atoms with Crippen LogP contribution in [-0.4, -0.2) is 15.7 Å². The Morgan fingerprint density at radius 2 is 2.03 bits per heavy atom. The number of rotatable bonds is 5. The van der Waals surface area contributed by atoms with Gasteiger partial charge in [0.25, 0.3) is 0 Å². The zero-order chi connectivity index (χ0) is 20.4. The molecule has 146 valence electrons. The standard InChI is InChI=1S/C20H15N3O3S3/c1-12(24)21-14-7-8-16-13(9-18(25)26-17(16)10-14)11-28-19-22-23(20(27)29-19)15-5-3-2-4-6-15/h2-10H,11H2,1H3,(H,21,24). The first-order chi connectivity index (χ1) is 14.0. The maximum absolute atomic E-state index is 12.0. The van der Waals surface area contributed by atoms with Gasteiger partial charge in [-0.15, -0.1) is 5.10 Å². The predicted octanol–water partition coefficient (Wildman–Crippen LogP) is 5.02. The van der Waals surface area contributed by atoms with Crippen LogP contribution < -0.4 is 10.9 Å². The number of amides is 1. The summed E-state index contributed by atoms with van der Waals surface area (Å²) >= 11 is 8.38. The van der Waals surface area contributed by atoms with Crippen molar-refractivity contribution in [1.29, 1.82) is 0 Å². The fraction of sp³-hybridized carbons (Fsp3) is 0.100. The molecule has 0 fully saturated rings. The minimum atomic E-state index is -0.435. The van der Waals surface area contributed by atoms with Crippen molar-refractivity contribution in [3.05, 3.63) is 74.5 Å². The number of carbonyl (C=O) groups excluding carboxylic acids is 1. The quantitative estimate of drug-likeness (QED) is 0.266. The fourth-order valence-corrected chi connectivity index (χ4v) is 5.17.